The summed E-state index contributed by atoms with van der Waals surface area (Å²) in [6.07, 6.45) is 1.75. The summed E-state index contributed by atoms with van der Waals surface area (Å²) in [6, 6.07) is 16.5. The van der Waals surface area contributed by atoms with E-state index in [-0.39, 0.29) is 6.61 Å². The third-order valence-electron chi connectivity index (χ3n) is 2.59. The zero-order valence-corrected chi connectivity index (χ0v) is 10.6. The normalized spacial score (nSPS) is 9.95. The van der Waals surface area contributed by atoms with Gasteiger partial charge in [-0.05, 0) is 29.8 Å². The molecule has 0 heterocycles. The van der Waals surface area contributed by atoms with Crippen LogP contribution in [-0.2, 0) is 16.2 Å². The molecular weight excluding hydrogens is 242 g/mol. The number of hydrogen-bond acceptors (Lipinski definition) is 3. The standard InChI is InChI=1S/C15H14NO3/c1-18-15-9-7-13(8-10-15)11-19-16(12-17)14-5-3-2-4-6-14/h2-10H,11H2,1H3. The maximum Gasteiger partial charge on any atom is 0.342 e. The van der Waals surface area contributed by atoms with Crippen LogP contribution in [0.3, 0.4) is 0 Å². The van der Waals surface area contributed by atoms with Crippen molar-refractivity contribution in [3.8, 4) is 5.75 Å². The van der Waals surface area contributed by atoms with Crippen LogP contribution in [0.25, 0.3) is 0 Å². The van der Waals surface area contributed by atoms with Gasteiger partial charge in [0.2, 0.25) is 0 Å². The van der Waals surface area contributed by atoms with Crippen molar-refractivity contribution in [1.29, 1.82) is 0 Å². The van der Waals surface area contributed by atoms with E-state index in [2.05, 4.69) is 0 Å². The number of rotatable bonds is 6. The Hall–Kier alpha value is -2.33. The van der Waals surface area contributed by atoms with Crippen LogP contribution in [-0.4, -0.2) is 13.5 Å². The molecule has 0 atom stereocenters. The summed E-state index contributed by atoms with van der Waals surface area (Å²) in [7, 11) is 1.62. The van der Waals surface area contributed by atoms with Gasteiger partial charge in [-0.25, -0.2) is 0 Å². The Morgan fingerprint density at radius 2 is 1.74 bits per heavy atom. The Morgan fingerprint density at radius 3 is 2.32 bits per heavy atom. The topological polar surface area (TPSA) is 38.8 Å². The lowest BCUT2D eigenvalue weighted by atomic mass is 10.2. The van der Waals surface area contributed by atoms with Crippen molar-refractivity contribution in [3.63, 3.8) is 0 Å². The Labute approximate surface area is 112 Å². The van der Waals surface area contributed by atoms with Gasteiger partial charge in [0.05, 0.1) is 12.8 Å². The molecule has 1 radical (unpaired) electrons. The van der Waals surface area contributed by atoms with Gasteiger partial charge in [-0.2, -0.15) is 5.06 Å². The minimum atomic E-state index is 0.286. The molecule has 2 aromatic carbocycles. The number of ether oxygens (including phenoxy) is 1. The van der Waals surface area contributed by atoms with Crippen molar-refractivity contribution >= 4 is 12.1 Å². The molecule has 2 rings (SSSR count). The van der Waals surface area contributed by atoms with Gasteiger partial charge in [-0.1, -0.05) is 30.3 Å². The highest BCUT2D eigenvalue weighted by Crippen LogP contribution is 2.15. The molecule has 97 valence electrons. The van der Waals surface area contributed by atoms with Gasteiger partial charge in [0.15, 0.2) is 0 Å². The summed E-state index contributed by atoms with van der Waals surface area (Å²) in [5, 5.41) is 1.09. The molecule has 0 aliphatic heterocycles. The van der Waals surface area contributed by atoms with Crippen molar-refractivity contribution in [3.05, 3.63) is 60.2 Å². The lowest BCUT2D eigenvalue weighted by Crippen LogP contribution is -2.21. The highest BCUT2D eigenvalue weighted by molar-refractivity contribution is 5.72. The summed E-state index contributed by atoms with van der Waals surface area (Å²) in [5.74, 6) is 0.783. The molecule has 19 heavy (non-hydrogen) atoms. The largest absolute Gasteiger partial charge is 0.497 e. The molecule has 4 nitrogen and oxygen atoms in total. The highest BCUT2D eigenvalue weighted by atomic mass is 16.7. The fourth-order valence-electron chi connectivity index (χ4n) is 1.58. The third kappa shape index (κ3) is 3.56. The van der Waals surface area contributed by atoms with Crippen LogP contribution in [0.5, 0.6) is 5.75 Å². The summed E-state index contributed by atoms with van der Waals surface area (Å²) in [4.78, 5) is 16.3. The number of hydroxylamine groups is 1. The summed E-state index contributed by atoms with van der Waals surface area (Å²) < 4.78 is 5.07. The number of hydrogen-bond donors (Lipinski definition) is 0. The highest BCUT2D eigenvalue weighted by Gasteiger charge is 2.06. The van der Waals surface area contributed by atoms with Crippen molar-refractivity contribution in [2.24, 2.45) is 0 Å². The second-order valence-corrected chi connectivity index (χ2v) is 3.84. The van der Waals surface area contributed by atoms with Gasteiger partial charge >= 0.3 is 6.41 Å². The first-order chi connectivity index (χ1) is 9.33. The van der Waals surface area contributed by atoms with Crippen LogP contribution in [0.2, 0.25) is 0 Å². The van der Waals surface area contributed by atoms with E-state index in [9.17, 15) is 4.79 Å². The molecule has 0 saturated heterocycles. The average molecular weight is 256 g/mol. The van der Waals surface area contributed by atoms with Crippen molar-refractivity contribution in [2.45, 2.75) is 6.61 Å². The Balaban J connectivity index is 1.98. The van der Waals surface area contributed by atoms with Gasteiger partial charge in [0.25, 0.3) is 0 Å². The Morgan fingerprint density at radius 1 is 1.05 bits per heavy atom. The number of anilines is 1. The SMILES string of the molecule is COc1ccc(CON([C]=O)c2ccccc2)cc1. The van der Waals surface area contributed by atoms with Crippen molar-refractivity contribution in [2.75, 3.05) is 12.2 Å². The van der Waals surface area contributed by atoms with Crippen LogP contribution in [0, 0.1) is 0 Å². The molecule has 0 aliphatic carbocycles. The van der Waals surface area contributed by atoms with E-state index in [4.69, 9.17) is 9.57 Å². The second kappa shape index (κ2) is 6.56. The number of benzene rings is 2. The lowest BCUT2D eigenvalue weighted by Gasteiger charge is -2.15. The summed E-state index contributed by atoms with van der Waals surface area (Å²) in [5.41, 5.74) is 1.59. The second-order valence-electron chi connectivity index (χ2n) is 3.84. The Kier molecular flexibility index (Phi) is 4.53. The van der Waals surface area contributed by atoms with E-state index in [1.807, 2.05) is 42.5 Å². The number of nitrogens with zero attached hydrogens (tertiary/aromatic N) is 1. The third-order valence-corrected chi connectivity index (χ3v) is 2.59. The fourth-order valence-corrected chi connectivity index (χ4v) is 1.58. The smallest absolute Gasteiger partial charge is 0.342 e. The molecule has 1 amide bonds. The van der Waals surface area contributed by atoms with Gasteiger partial charge in [-0.3, -0.25) is 9.63 Å². The predicted molar refractivity (Wildman–Crippen MR) is 72.4 cm³/mol. The summed E-state index contributed by atoms with van der Waals surface area (Å²) >= 11 is 0. The van der Waals surface area contributed by atoms with Crippen molar-refractivity contribution < 1.29 is 14.4 Å². The predicted octanol–water partition coefficient (Wildman–Crippen LogP) is 2.70. The average Bonchev–Trinajstić information content (AvgIpc) is 2.49. The first-order valence-corrected chi connectivity index (χ1v) is 5.82. The van der Waals surface area contributed by atoms with Gasteiger partial charge in [0, 0.05) is 0 Å². The van der Waals surface area contributed by atoms with Crippen LogP contribution >= 0.6 is 0 Å². The minimum Gasteiger partial charge on any atom is -0.497 e. The Bertz CT molecular complexity index is 511. The zero-order valence-electron chi connectivity index (χ0n) is 10.6. The molecule has 0 fully saturated rings. The fraction of sp³-hybridized carbons (Fsp3) is 0.133. The summed E-state index contributed by atoms with van der Waals surface area (Å²) in [6.45, 7) is 0.286. The molecule has 0 saturated carbocycles. The van der Waals surface area contributed by atoms with E-state index >= 15 is 0 Å². The van der Waals surface area contributed by atoms with Gasteiger partial charge in [-0.15, -0.1) is 0 Å². The van der Waals surface area contributed by atoms with Gasteiger partial charge < -0.3 is 4.74 Å². The van der Waals surface area contributed by atoms with Gasteiger partial charge in [0.1, 0.15) is 12.4 Å². The van der Waals surface area contributed by atoms with E-state index in [0.29, 0.717) is 5.69 Å². The molecule has 0 unspecified atom stereocenters. The maximum atomic E-state index is 10.9. The number of amides is 1. The first kappa shape index (κ1) is 13.1. The lowest BCUT2D eigenvalue weighted by molar-refractivity contribution is 0.127. The quantitative estimate of drug-likeness (QED) is 0.589. The number of methoxy groups -OCH3 is 1. The van der Waals surface area contributed by atoms with Crippen LogP contribution in [0.4, 0.5) is 5.69 Å². The molecule has 0 aliphatic rings. The molecule has 0 N–H and O–H groups in total. The van der Waals surface area contributed by atoms with E-state index in [0.717, 1.165) is 16.4 Å². The molecule has 0 spiro atoms. The molecule has 2 aromatic rings. The van der Waals surface area contributed by atoms with Crippen molar-refractivity contribution in [1.82, 2.24) is 0 Å². The monoisotopic (exact) mass is 256 g/mol. The molecular formula is C15H14NO3. The van der Waals surface area contributed by atoms with E-state index in [1.54, 1.807) is 25.7 Å². The van der Waals surface area contributed by atoms with E-state index < -0.39 is 0 Å². The molecule has 0 aromatic heterocycles. The molecule has 4 heteroatoms. The first-order valence-electron chi connectivity index (χ1n) is 5.82. The van der Waals surface area contributed by atoms with Crippen LogP contribution < -0.4 is 9.80 Å². The van der Waals surface area contributed by atoms with E-state index in [1.165, 1.54) is 0 Å². The minimum absolute atomic E-state index is 0.286. The molecule has 0 bridgehead atoms. The van der Waals surface area contributed by atoms with Crippen LogP contribution in [0.1, 0.15) is 5.56 Å². The number of para-hydroxylation sites is 1. The zero-order chi connectivity index (χ0) is 13.5. The van der Waals surface area contributed by atoms with Crippen LogP contribution in [0.15, 0.2) is 54.6 Å². The maximum absolute atomic E-state index is 10.9. The number of carbonyl (C=O) groups excluding carboxylic acids is 1.